The molecule has 90 valence electrons. The standard InChI is InChI=1S/C13H23N3/c14-8-2-7-12(15)11-6-1-4-10-5-3-9-16-13(10)11/h3,5,9,11-13,16H,1-2,4,6-8,14-15H2. The van der Waals surface area contributed by atoms with Crippen LogP contribution in [-0.2, 0) is 0 Å². The van der Waals surface area contributed by atoms with E-state index in [0.29, 0.717) is 12.0 Å². The fourth-order valence-corrected chi connectivity index (χ4v) is 2.92. The van der Waals surface area contributed by atoms with Gasteiger partial charge in [0, 0.05) is 6.04 Å². The molecule has 1 aliphatic carbocycles. The van der Waals surface area contributed by atoms with Crippen molar-refractivity contribution in [3.63, 3.8) is 0 Å². The van der Waals surface area contributed by atoms with Crippen molar-refractivity contribution in [2.45, 2.75) is 44.2 Å². The Bertz CT molecular complexity index is 283. The van der Waals surface area contributed by atoms with Crippen LogP contribution in [0.3, 0.4) is 0 Å². The van der Waals surface area contributed by atoms with Gasteiger partial charge in [-0.15, -0.1) is 0 Å². The Morgan fingerprint density at radius 1 is 1.50 bits per heavy atom. The summed E-state index contributed by atoms with van der Waals surface area (Å²) >= 11 is 0. The predicted octanol–water partition coefficient (Wildman–Crippen LogP) is 1.26. The van der Waals surface area contributed by atoms with Gasteiger partial charge in [0.25, 0.3) is 0 Å². The van der Waals surface area contributed by atoms with Crippen molar-refractivity contribution in [3.05, 3.63) is 23.9 Å². The Kier molecular flexibility index (Phi) is 4.02. The third kappa shape index (κ3) is 2.47. The molecule has 3 nitrogen and oxygen atoms in total. The molecule has 3 heteroatoms. The molecular weight excluding hydrogens is 198 g/mol. The van der Waals surface area contributed by atoms with Crippen molar-refractivity contribution in [1.82, 2.24) is 5.32 Å². The lowest BCUT2D eigenvalue weighted by atomic mass is 9.75. The lowest BCUT2D eigenvalue weighted by molar-refractivity contribution is 0.277. The fourth-order valence-electron chi connectivity index (χ4n) is 2.92. The molecule has 0 aromatic rings. The zero-order valence-electron chi connectivity index (χ0n) is 9.86. The third-order valence-electron chi connectivity index (χ3n) is 3.80. The van der Waals surface area contributed by atoms with Gasteiger partial charge in [0.15, 0.2) is 0 Å². The van der Waals surface area contributed by atoms with Gasteiger partial charge in [-0.25, -0.2) is 0 Å². The summed E-state index contributed by atoms with van der Waals surface area (Å²) in [5, 5.41) is 3.47. The van der Waals surface area contributed by atoms with Gasteiger partial charge >= 0.3 is 0 Å². The zero-order chi connectivity index (χ0) is 11.4. The van der Waals surface area contributed by atoms with E-state index in [1.54, 1.807) is 0 Å². The molecule has 0 radical (unpaired) electrons. The Morgan fingerprint density at radius 2 is 2.38 bits per heavy atom. The highest BCUT2D eigenvalue weighted by Gasteiger charge is 2.32. The van der Waals surface area contributed by atoms with E-state index in [-0.39, 0.29) is 6.04 Å². The summed E-state index contributed by atoms with van der Waals surface area (Å²) in [4.78, 5) is 0. The predicted molar refractivity (Wildman–Crippen MR) is 67.8 cm³/mol. The van der Waals surface area contributed by atoms with Crippen LogP contribution in [0.25, 0.3) is 0 Å². The topological polar surface area (TPSA) is 64.1 Å². The maximum absolute atomic E-state index is 6.29. The van der Waals surface area contributed by atoms with Crippen LogP contribution in [0.2, 0.25) is 0 Å². The first-order valence-corrected chi connectivity index (χ1v) is 6.40. The molecule has 0 amide bonds. The van der Waals surface area contributed by atoms with E-state index < -0.39 is 0 Å². The molecule has 1 aliphatic heterocycles. The molecule has 0 bridgehead atoms. The Morgan fingerprint density at radius 3 is 3.19 bits per heavy atom. The van der Waals surface area contributed by atoms with Gasteiger partial charge in [0.1, 0.15) is 0 Å². The van der Waals surface area contributed by atoms with Gasteiger partial charge in [-0.2, -0.15) is 0 Å². The molecule has 5 N–H and O–H groups in total. The number of nitrogens with one attached hydrogen (secondary N) is 1. The van der Waals surface area contributed by atoms with Gasteiger partial charge < -0.3 is 16.8 Å². The number of hydrogen-bond acceptors (Lipinski definition) is 3. The van der Waals surface area contributed by atoms with Crippen LogP contribution in [0.1, 0.15) is 32.1 Å². The minimum atomic E-state index is 0.288. The van der Waals surface area contributed by atoms with Crippen molar-refractivity contribution in [3.8, 4) is 0 Å². The molecule has 1 heterocycles. The molecule has 0 saturated heterocycles. The molecule has 16 heavy (non-hydrogen) atoms. The quantitative estimate of drug-likeness (QED) is 0.670. The van der Waals surface area contributed by atoms with E-state index in [1.807, 2.05) is 6.20 Å². The van der Waals surface area contributed by atoms with Gasteiger partial charge in [-0.3, -0.25) is 0 Å². The van der Waals surface area contributed by atoms with Crippen LogP contribution in [0, 0.1) is 5.92 Å². The Hall–Kier alpha value is -0.800. The summed E-state index contributed by atoms with van der Waals surface area (Å²) in [6, 6.07) is 0.766. The molecule has 2 rings (SSSR count). The van der Waals surface area contributed by atoms with Crippen LogP contribution in [-0.4, -0.2) is 18.6 Å². The molecule has 0 aromatic carbocycles. The van der Waals surface area contributed by atoms with E-state index in [1.165, 1.54) is 24.8 Å². The first kappa shape index (κ1) is 11.7. The maximum Gasteiger partial charge on any atom is 0.0514 e. The summed E-state index contributed by atoms with van der Waals surface area (Å²) in [5.41, 5.74) is 13.4. The van der Waals surface area contributed by atoms with Crippen molar-refractivity contribution < 1.29 is 0 Å². The number of hydrogen-bond donors (Lipinski definition) is 3. The summed E-state index contributed by atoms with van der Waals surface area (Å²) in [6.07, 6.45) is 12.2. The number of fused-ring (bicyclic) bond motifs is 1. The second-order valence-electron chi connectivity index (χ2n) is 4.90. The molecule has 0 aromatic heterocycles. The molecule has 2 aliphatic rings. The van der Waals surface area contributed by atoms with Crippen molar-refractivity contribution in [1.29, 1.82) is 0 Å². The molecule has 1 saturated carbocycles. The first-order chi connectivity index (χ1) is 7.83. The van der Waals surface area contributed by atoms with Crippen molar-refractivity contribution in [2.24, 2.45) is 17.4 Å². The van der Waals surface area contributed by atoms with Crippen LogP contribution in [0.15, 0.2) is 23.9 Å². The summed E-state index contributed by atoms with van der Waals surface area (Å²) in [5.74, 6) is 0.580. The third-order valence-corrected chi connectivity index (χ3v) is 3.80. The summed E-state index contributed by atoms with van der Waals surface area (Å²) in [6.45, 7) is 0.751. The van der Waals surface area contributed by atoms with Crippen LogP contribution >= 0.6 is 0 Å². The van der Waals surface area contributed by atoms with Crippen molar-refractivity contribution in [2.75, 3.05) is 6.54 Å². The zero-order valence-corrected chi connectivity index (χ0v) is 9.86. The first-order valence-electron chi connectivity index (χ1n) is 6.40. The molecule has 0 spiro atoms. The van der Waals surface area contributed by atoms with Gasteiger partial charge in [-0.05, 0) is 62.4 Å². The van der Waals surface area contributed by atoms with E-state index in [9.17, 15) is 0 Å². The van der Waals surface area contributed by atoms with E-state index >= 15 is 0 Å². The normalized spacial score (nSPS) is 30.2. The average Bonchev–Trinajstić information content (AvgIpc) is 2.35. The second kappa shape index (κ2) is 5.51. The SMILES string of the molecule is NCCCC(N)C1CCCC2=CC=CNC21. The molecule has 3 atom stereocenters. The monoisotopic (exact) mass is 221 g/mol. The largest absolute Gasteiger partial charge is 0.384 e. The number of nitrogens with two attached hydrogens (primary N) is 2. The number of rotatable bonds is 4. The van der Waals surface area contributed by atoms with Gasteiger partial charge in [0.2, 0.25) is 0 Å². The molecular formula is C13H23N3. The van der Waals surface area contributed by atoms with E-state index in [2.05, 4.69) is 17.5 Å². The van der Waals surface area contributed by atoms with E-state index in [0.717, 1.165) is 19.4 Å². The van der Waals surface area contributed by atoms with Gasteiger partial charge in [-0.1, -0.05) is 6.08 Å². The van der Waals surface area contributed by atoms with Crippen LogP contribution in [0.4, 0.5) is 0 Å². The number of allylic oxidation sites excluding steroid dienone is 2. The smallest absolute Gasteiger partial charge is 0.0514 e. The maximum atomic E-state index is 6.29. The summed E-state index contributed by atoms with van der Waals surface area (Å²) < 4.78 is 0. The van der Waals surface area contributed by atoms with Crippen LogP contribution < -0.4 is 16.8 Å². The minimum Gasteiger partial charge on any atom is -0.384 e. The average molecular weight is 221 g/mol. The molecule has 1 fully saturated rings. The lowest BCUT2D eigenvalue weighted by Gasteiger charge is -2.38. The fraction of sp³-hybridized carbons (Fsp3) is 0.692. The number of dihydropyridines is 1. The molecule has 3 unspecified atom stereocenters. The Labute approximate surface area is 98.0 Å². The lowest BCUT2D eigenvalue weighted by Crippen LogP contribution is -2.47. The highest BCUT2D eigenvalue weighted by Crippen LogP contribution is 2.33. The minimum absolute atomic E-state index is 0.288. The Balaban J connectivity index is 1.98. The highest BCUT2D eigenvalue weighted by molar-refractivity contribution is 5.26. The second-order valence-corrected chi connectivity index (χ2v) is 4.90. The van der Waals surface area contributed by atoms with Crippen molar-refractivity contribution >= 4 is 0 Å². The van der Waals surface area contributed by atoms with E-state index in [4.69, 9.17) is 11.5 Å². The summed E-state index contributed by atoms with van der Waals surface area (Å²) in [7, 11) is 0. The highest BCUT2D eigenvalue weighted by atomic mass is 14.9. The van der Waals surface area contributed by atoms with Gasteiger partial charge in [0.05, 0.1) is 6.04 Å². The van der Waals surface area contributed by atoms with Crippen LogP contribution in [0.5, 0.6) is 0 Å².